The van der Waals surface area contributed by atoms with Gasteiger partial charge in [-0.3, -0.25) is 0 Å². The van der Waals surface area contributed by atoms with Gasteiger partial charge < -0.3 is 10.2 Å². The summed E-state index contributed by atoms with van der Waals surface area (Å²) in [5, 5.41) is 3.35. The van der Waals surface area contributed by atoms with Crippen molar-refractivity contribution in [2.45, 2.75) is 46.1 Å². The zero-order valence-corrected chi connectivity index (χ0v) is 12.6. The first-order valence-electron chi connectivity index (χ1n) is 7.58. The number of nitrogens with one attached hydrogen (secondary N) is 1. The standard InChI is InChI=1S/C16H27N3/c1-4-17-10-15-9-13(2)16(18-11-15)19(3)12-14-7-5-6-8-14/h9,11,14,17H,4-8,10,12H2,1-3H3. The first-order valence-corrected chi connectivity index (χ1v) is 7.58. The summed E-state index contributed by atoms with van der Waals surface area (Å²) in [6.45, 7) is 7.37. The molecule has 3 nitrogen and oxygen atoms in total. The summed E-state index contributed by atoms with van der Waals surface area (Å²) >= 11 is 0. The number of rotatable bonds is 6. The van der Waals surface area contributed by atoms with Crippen LogP contribution in [0, 0.1) is 12.8 Å². The normalized spacial score (nSPS) is 15.9. The van der Waals surface area contributed by atoms with E-state index in [4.69, 9.17) is 0 Å². The minimum absolute atomic E-state index is 0.868. The van der Waals surface area contributed by atoms with Crippen molar-refractivity contribution < 1.29 is 0 Å². The number of anilines is 1. The molecule has 0 radical (unpaired) electrons. The summed E-state index contributed by atoms with van der Waals surface area (Å²) in [6.07, 6.45) is 7.61. The van der Waals surface area contributed by atoms with E-state index in [9.17, 15) is 0 Å². The van der Waals surface area contributed by atoms with Crippen molar-refractivity contribution in [1.82, 2.24) is 10.3 Å². The maximum Gasteiger partial charge on any atom is 0.131 e. The topological polar surface area (TPSA) is 28.2 Å². The molecule has 0 amide bonds. The van der Waals surface area contributed by atoms with Gasteiger partial charge in [0.05, 0.1) is 0 Å². The van der Waals surface area contributed by atoms with Crippen LogP contribution in [0.2, 0.25) is 0 Å². The Balaban J connectivity index is 1.98. The Bertz CT molecular complexity index is 397. The highest BCUT2D eigenvalue weighted by molar-refractivity contribution is 5.46. The van der Waals surface area contributed by atoms with Gasteiger partial charge in [-0.15, -0.1) is 0 Å². The molecule has 1 heterocycles. The lowest BCUT2D eigenvalue weighted by Gasteiger charge is -2.24. The highest BCUT2D eigenvalue weighted by atomic mass is 15.2. The van der Waals surface area contributed by atoms with E-state index < -0.39 is 0 Å². The summed E-state index contributed by atoms with van der Waals surface area (Å²) < 4.78 is 0. The molecular weight excluding hydrogens is 234 g/mol. The van der Waals surface area contributed by atoms with E-state index in [0.29, 0.717) is 0 Å². The molecule has 0 unspecified atom stereocenters. The molecule has 0 spiro atoms. The summed E-state index contributed by atoms with van der Waals surface area (Å²) in [5.74, 6) is 2.01. The maximum absolute atomic E-state index is 4.66. The van der Waals surface area contributed by atoms with Gasteiger partial charge in [0.15, 0.2) is 0 Å². The predicted molar refractivity (Wildman–Crippen MR) is 81.6 cm³/mol. The van der Waals surface area contributed by atoms with Crippen LogP contribution in [0.25, 0.3) is 0 Å². The third-order valence-electron chi connectivity index (χ3n) is 4.05. The summed E-state index contributed by atoms with van der Waals surface area (Å²) in [6, 6.07) is 2.26. The lowest BCUT2D eigenvalue weighted by molar-refractivity contribution is 0.544. The van der Waals surface area contributed by atoms with Crippen molar-refractivity contribution in [2.75, 3.05) is 25.0 Å². The van der Waals surface area contributed by atoms with E-state index in [-0.39, 0.29) is 0 Å². The molecule has 0 aliphatic heterocycles. The van der Waals surface area contributed by atoms with Gasteiger partial charge in [-0.1, -0.05) is 19.8 Å². The number of hydrogen-bond acceptors (Lipinski definition) is 3. The average molecular weight is 261 g/mol. The van der Waals surface area contributed by atoms with Crippen molar-refractivity contribution in [3.05, 3.63) is 23.4 Å². The lowest BCUT2D eigenvalue weighted by atomic mass is 10.1. The molecule has 1 saturated carbocycles. The molecule has 0 aromatic carbocycles. The fourth-order valence-corrected chi connectivity index (χ4v) is 3.06. The first-order chi connectivity index (χ1) is 9.20. The summed E-state index contributed by atoms with van der Waals surface area (Å²) in [5.41, 5.74) is 2.56. The van der Waals surface area contributed by atoms with E-state index in [2.05, 4.69) is 42.2 Å². The van der Waals surface area contributed by atoms with Crippen LogP contribution >= 0.6 is 0 Å². The Labute approximate surface area is 117 Å². The molecule has 1 aromatic heterocycles. The Kier molecular flexibility index (Phi) is 5.20. The zero-order chi connectivity index (χ0) is 13.7. The predicted octanol–water partition coefficient (Wildman–Crippen LogP) is 3.13. The van der Waals surface area contributed by atoms with Crippen LogP contribution in [0.15, 0.2) is 12.3 Å². The molecule has 1 N–H and O–H groups in total. The van der Waals surface area contributed by atoms with Crippen molar-refractivity contribution >= 4 is 5.82 Å². The highest BCUT2D eigenvalue weighted by Gasteiger charge is 2.18. The van der Waals surface area contributed by atoms with Gasteiger partial charge >= 0.3 is 0 Å². The van der Waals surface area contributed by atoms with E-state index >= 15 is 0 Å². The molecule has 1 aliphatic carbocycles. The third kappa shape index (κ3) is 3.93. The number of aryl methyl sites for hydroxylation is 1. The van der Waals surface area contributed by atoms with Gasteiger partial charge in [-0.2, -0.15) is 0 Å². The molecule has 1 aliphatic rings. The maximum atomic E-state index is 4.66. The Morgan fingerprint density at radius 2 is 2.11 bits per heavy atom. The SMILES string of the molecule is CCNCc1cnc(N(C)CC2CCCC2)c(C)c1. The minimum atomic E-state index is 0.868. The lowest BCUT2D eigenvalue weighted by Crippen LogP contribution is -2.25. The molecule has 1 fully saturated rings. The molecule has 3 heteroatoms. The number of hydrogen-bond donors (Lipinski definition) is 1. The van der Waals surface area contributed by atoms with Crippen LogP contribution in [-0.2, 0) is 6.54 Å². The number of nitrogens with zero attached hydrogens (tertiary/aromatic N) is 2. The van der Waals surface area contributed by atoms with Crippen LogP contribution < -0.4 is 10.2 Å². The minimum Gasteiger partial charge on any atom is -0.359 e. The molecule has 2 rings (SSSR count). The Morgan fingerprint density at radius 3 is 2.74 bits per heavy atom. The smallest absolute Gasteiger partial charge is 0.131 e. The molecule has 0 atom stereocenters. The van der Waals surface area contributed by atoms with Crippen molar-refractivity contribution in [3.63, 3.8) is 0 Å². The molecular formula is C16H27N3. The van der Waals surface area contributed by atoms with Gasteiger partial charge in [0, 0.05) is 26.3 Å². The first kappa shape index (κ1) is 14.3. The van der Waals surface area contributed by atoms with Gasteiger partial charge in [0.2, 0.25) is 0 Å². The molecule has 106 valence electrons. The fraction of sp³-hybridized carbons (Fsp3) is 0.688. The number of aromatic nitrogens is 1. The van der Waals surface area contributed by atoms with Gasteiger partial charge in [0.25, 0.3) is 0 Å². The summed E-state index contributed by atoms with van der Waals surface area (Å²) in [4.78, 5) is 6.99. The molecule has 1 aromatic rings. The van der Waals surface area contributed by atoms with E-state index in [1.807, 2.05) is 6.20 Å². The van der Waals surface area contributed by atoms with Crippen molar-refractivity contribution in [3.8, 4) is 0 Å². The van der Waals surface area contributed by atoms with Gasteiger partial charge in [-0.05, 0) is 49.4 Å². The second kappa shape index (κ2) is 6.90. The second-order valence-electron chi connectivity index (χ2n) is 5.80. The molecule has 0 bridgehead atoms. The van der Waals surface area contributed by atoms with Gasteiger partial charge in [0.1, 0.15) is 5.82 Å². The zero-order valence-electron chi connectivity index (χ0n) is 12.6. The monoisotopic (exact) mass is 261 g/mol. The highest BCUT2D eigenvalue weighted by Crippen LogP contribution is 2.27. The summed E-state index contributed by atoms with van der Waals surface area (Å²) in [7, 11) is 2.18. The van der Waals surface area contributed by atoms with Crippen LogP contribution in [0.3, 0.4) is 0 Å². The van der Waals surface area contributed by atoms with E-state index in [1.54, 1.807) is 0 Å². The number of pyridine rings is 1. The molecule has 19 heavy (non-hydrogen) atoms. The van der Waals surface area contributed by atoms with Crippen LogP contribution in [-0.4, -0.2) is 25.1 Å². The average Bonchev–Trinajstić information content (AvgIpc) is 2.89. The quantitative estimate of drug-likeness (QED) is 0.853. The fourth-order valence-electron chi connectivity index (χ4n) is 3.06. The van der Waals surface area contributed by atoms with Gasteiger partial charge in [-0.25, -0.2) is 4.98 Å². The van der Waals surface area contributed by atoms with Crippen LogP contribution in [0.5, 0.6) is 0 Å². The second-order valence-corrected chi connectivity index (χ2v) is 5.80. The van der Waals surface area contributed by atoms with Crippen molar-refractivity contribution in [2.24, 2.45) is 5.92 Å². The van der Waals surface area contributed by atoms with Crippen LogP contribution in [0.1, 0.15) is 43.7 Å². The van der Waals surface area contributed by atoms with E-state index in [1.165, 1.54) is 36.8 Å². The van der Waals surface area contributed by atoms with E-state index in [0.717, 1.165) is 31.4 Å². The third-order valence-corrected chi connectivity index (χ3v) is 4.05. The van der Waals surface area contributed by atoms with Crippen molar-refractivity contribution in [1.29, 1.82) is 0 Å². The molecule has 0 saturated heterocycles. The van der Waals surface area contributed by atoms with Crippen LogP contribution in [0.4, 0.5) is 5.82 Å². The largest absolute Gasteiger partial charge is 0.359 e. The Morgan fingerprint density at radius 1 is 1.37 bits per heavy atom. The Hall–Kier alpha value is -1.09.